The van der Waals surface area contributed by atoms with Gasteiger partial charge in [0.15, 0.2) is 0 Å². The third kappa shape index (κ3) is 9.71. The van der Waals surface area contributed by atoms with Gasteiger partial charge in [0.2, 0.25) is 0 Å². The summed E-state index contributed by atoms with van der Waals surface area (Å²) in [5.74, 6) is -0.102. The van der Waals surface area contributed by atoms with Crippen LogP contribution >= 0.6 is 0 Å². The summed E-state index contributed by atoms with van der Waals surface area (Å²) in [6, 6.07) is 20.0. The molecule has 0 spiro atoms. The lowest BCUT2D eigenvalue weighted by molar-refractivity contribution is -0.138. The number of hydrogen-bond donors (Lipinski definition) is 0. The summed E-state index contributed by atoms with van der Waals surface area (Å²) < 4.78 is 90.0. The summed E-state index contributed by atoms with van der Waals surface area (Å²) in [6.07, 6.45) is 29.0. The van der Waals surface area contributed by atoms with Gasteiger partial charge in [0.05, 0.1) is 11.1 Å². The van der Waals surface area contributed by atoms with Crippen LogP contribution in [0.5, 0.6) is 0 Å². The number of benzene rings is 3. The van der Waals surface area contributed by atoms with Crippen LogP contribution < -0.4 is 0 Å². The lowest BCUT2D eigenvalue weighted by Crippen LogP contribution is -2.56. The summed E-state index contributed by atoms with van der Waals surface area (Å²) in [7, 11) is 0. The Labute approximate surface area is 385 Å². The highest BCUT2D eigenvalue weighted by Gasteiger charge is 2.62. The summed E-state index contributed by atoms with van der Waals surface area (Å²) in [5, 5.41) is 0. The van der Waals surface area contributed by atoms with Crippen molar-refractivity contribution in [3.05, 3.63) is 159 Å². The molecule has 1 saturated carbocycles. The topological polar surface area (TPSA) is 0 Å². The zero-order chi connectivity index (χ0) is 45.5. The highest BCUT2D eigenvalue weighted by molar-refractivity contribution is 5.92. The molecule has 0 bridgehead atoms. The Balaban J connectivity index is 1.21. The molecule has 3 aromatic carbocycles. The molecule has 3 unspecified atom stereocenters. The van der Waals surface area contributed by atoms with Gasteiger partial charge in [-0.15, -0.1) is 0 Å². The summed E-state index contributed by atoms with van der Waals surface area (Å²) in [4.78, 5) is 0. The normalized spacial score (nSPS) is 21.8. The van der Waals surface area contributed by atoms with E-state index >= 15 is 0 Å². The highest BCUT2D eigenvalue weighted by atomic mass is 19.4. The number of rotatable bonds is 21. The molecule has 5 aliphatic carbocycles. The van der Waals surface area contributed by atoms with E-state index in [0.29, 0.717) is 24.0 Å². The molecule has 3 aromatic rings. The third-order valence-corrected chi connectivity index (χ3v) is 16.2. The van der Waals surface area contributed by atoms with Crippen LogP contribution in [0.25, 0.3) is 5.57 Å². The summed E-state index contributed by atoms with van der Waals surface area (Å²) >= 11 is 0. The van der Waals surface area contributed by atoms with E-state index in [9.17, 15) is 26.3 Å². The number of allylic oxidation sites excluding steroid dienone is 10. The Kier molecular flexibility index (Phi) is 15.2. The maximum absolute atomic E-state index is 15.0. The smallest absolute Gasteiger partial charge is 0.166 e. The lowest BCUT2D eigenvalue weighted by atomic mass is 9.41. The van der Waals surface area contributed by atoms with Crippen molar-refractivity contribution >= 4 is 5.57 Å². The highest BCUT2D eigenvalue weighted by Crippen LogP contribution is 2.70. The van der Waals surface area contributed by atoms with Gasteiger partial charge in [-0.2, -0.15) is 26.3 Å². The minimum absolute atomic E-state index is 0.142. The monoisotopic (exact) mass is 893 g/mol. The molecule has 0 aromatic heterocycles. The summed E-state index contributed by atoms with van der Waals surface area (Å²) in [6.45, 7) is 2.26. The molecule has 65 heavy (non-hydrogen) atoms. The van der Waals surface area contributed by atoms with Crippen LogP contribution in [0.1, 0.15) is 182 Å². The van der Waals surface area contributed by atoms with Gasteiger partial charge in [-0.3, -0.25) is 0 Å². The minimum Gasteiger partial charge on any atom is -0.166 e. The molecule has 0 amide bonds. The fraction of sp³-hybridized carbons (Fsp3) is 0.525. The molecule has 5 aliphatic rings. The number of unbranched alkanes of at least 4 members (excludes halogenated alkanes) is 15. The first-order valence-corrected chi connectivity index (χ1v) is 25.4. The van der Waals surface area contributed by atoms with Crippen LogP contribution in [0.15, 0.2) is 126 Å². The van der Waals surface area contributed by atoms with Crippen molar-refractivity contribution in [2.45, 2.75) is 172 Å². The molecule has 0 aliphatic heterocycles. The van der Waals surface area contributed by atoms with E-state index in [1.54, 1.807) is 12.1 Å². The Bertz CT molecular complexity index is 2170. The second-order valence-corrected chi connectivity index (χ2v) is 20.0. The Morgan fingerprint density at radius 1 is 0.585 bits per heavy atom. The van der Waals surface area contributed by atoms with Crippen molar-refractivity contribution < 1.29 is 26.3 Å². The molecular weight excluding hydrogens is 823 g/mol. The molecule has 348 valence electrons. The largest absolute Gasteiger partial charge is 0.416 e. The zero-order valence-electron chi connectivity index (χ0n) is 38.7. The number of fused-ring (bicyclic) bond motifs is 6. The molecule has 0 nitrogen and oxygen atoms in total. The van der Waals surface area contributed by atoms with E-state index in [4.69, 9.17) is 0 Å². The number of halogens is 6. The van der Waals surface area contributed by atoms with Gasteiger partial charge >= 0.3 is 12.4 Å². The van der Waals surface area contributed by atoms with Crippen molar-refractivity contribution in [2.24, 2.45) is 23.2 Å². The van der Waals surface area contributed by atoms with E-state index in [-0.39, 0.29) is 11.8 Å². The van der Waals surface area contributed by atoms with Crippen LogP contribution in [-0.4, -0.2) is 0 Å². The third-order valence-electron chi connectivity index (χ3n) is 16.2. The second kappa shape index (κ2) is 20.8. The molecule has 6 heteroatoms. The van der Waals surface area contributed by atoms with Gasteiger partial charge in [-0.1, -0.05) is 219 Å². The van der Waals surface area contributed by atoms with Crippen molar-refractivity contribution in [1.82, 2.24) is 0 Å². The Morgan fingerprint density at radius 3 is 1.69 bits per heavy atom. The van der Waals surface area contributed by atoms with Crippen LogP contribution in [0.3, 0.4) is 0 Å². The van der Waals surface area contributed by atoms with Crippen LogP contribution in [0.4, 0.5) is 26.3 Å². The first-order chi connectivity index (χ1) is 31.5. The molecule has 8 rings (SSSR count). The van der Waals surface area contributed by atoms with E-state index in [2.05, 4.69) is 55.5 Å². The summed E-state index contributed by atoms with van der Waals surface area (Å²) in [5.41, 5.74) is 5.02. The maximum Gasteiger partial charge on any atom is 0.416 e. The van der Waals surface area contributed by atoms with Gasteiger partial charge < -0.3 is 0 Å². The molecule has 0 heterocycles. The lowest BCUT2D eigenvalue weighted by Gasteiger charge is -2.61. The second-order valence-electron chi connectivity index (χ2n) is 20.0. The first-order valence-electron chi connectivity index (χ1n) is 25.4. The number of alkyl halides is 6. The van der Waals surface area contributed by atoms with Crippen LogP contribution in [0, 0.1) is 23.2 Å². The first kappa shape index (κ1) is 47.4. The average Bonchev–Trinajstić information content (AvgIpc) is 3.98. The van der Waals surface area contributed by atoms with Gasteiger partial charge in [-0.05, 0) is 101 Å². The van der Waals surface area contributed by atoms with Gasteiger partial charge in [0.25, 0.3) is 0 Å². The Hall–Kier alpha value is -4.06. The van der Waals surface area contributed by atoms with Gasteiger partial charge in [-0.25, -0.2) is 0 Å². The van der Waals surface area contributed by atoms with E-state index in [1.165, 1.54) is 135 Å². The molecular formula is C59H70F6. The SMILES string of the molecule is CCCCCCCCCCCCCCCCCCC1(C(c2cccc(C(F)(F)F)c2)(c2cccc(C(F)(F)F)c2)C2C=CC=C2)CCCC2C1=C1Cc3ccccc3C1=C1C=CCCC12. The molecule has 3 atom stereocenters. The predicted octanol–water partition coefficient (Wildman–Crippen LogP) is 18.5. The van der Waals surface area contributed by atoms with E-state index in [0.717, 1.165) is 69.9 Å². The van der Waals surface area contributed by atoms with E-state index in [1.807, 2.05) is 12.2 Å². The van der Waals surface area contributed by atoms with Gasteiger partial charge in [0, 0.05) is 16.7 Å². The molecule has 1 fully saturated rings. The fourth-order valence-electron chi connectivity index (χ4n) is 13.4. The average molecular weight is 893 g/mol. The molecule has 0 radical (unpaired) electrons. The number of hydrogen-bond acceptors (Lipinski definition) is 0. The molecule has 0 saturated heterocycles. The minimum atomic E-state index is -4.63. The van der Waals surface area contributed by atoms with Crippen molar-refractivity contribution in [2.75, 3.05) is 0 Å². The predicted molar refractivity (Wildman–Crippen MR) is 255 cm³/mol. The fourth-order valence-corrected chi connectivity index (χ4v) is 13.4. The Morgan fingerprint density at radius 2 is 1.12 bits per heavy atom. The van der Waals surface area contributed by atoms with Gasteiger partial charge in [0.1, 0.15) is 0 Å². The van der Waals surface area contributed by atoms with Crippen molar-refractivity contribution in [3.8, 4) is 0 Å². The zero-order valence-corrected chi connectivity index (χ0v) is 38.7. The quantitative estimate of drug-likeness (QED) is 0.0738. The van der Waals surface area contributed by atoms with Crippen LogP contribution in [0.2, 0.25) is 0 Å². The maximum atomic E-state index is 15.0. The van der Waals surface area contributed by atoms with Crippen LogP contribution in [-0.2, 0) is 24.2 Å². The van der Waals surface area contributed by atoms with Crippen molar-refractivity contribution in [3.63, 3.8) is 0 Å². The van der Waals surface area contributed by atoms with E-state index < -0.39 is 40.2 Å². The van der Waals surface area contributed by atoms with Crippen molar-refractivity contribution in [1.29, 1.82) is 0 Å². The molecule has 0 N–H and O–H groups in total. The standard InChI is InChI=1S/C59H70F6/c1-2-3-4-5-6-7-8-9-10-11-12-13-14-15-16-23-38-56(39-26-37-52-50-35-21-22-36-51(50)54-49-34-20-17-27-43(49)40-53(54)55(52)56)57(44-28-18-19-29-44,45-30-24-32-47(41-45)58(60,61)62)46-31-25-33-48(42-46)59(63,64)65/h17-20,22,24-25,27-34,36,41-42,44,50,52H,2-16,21,23,26,35,37-40H2,1H3.